The highest BCUT2D eigenvalue weighted by Gasteiger charge is 2.31. The Morgan fingerprint density at radius 3 is 2.70 bits per heavy atom. The van der Waals surface area contributed by atoms with Gasteiger partial charge in [-0.1, -0.05) is 26.2 Å². The monoisotopic (exact) mass is 282 g/mol. The van der Waals surface area contributed by atoms with Crippen LogP contribution in [0.25, 0.3) is 0 Å². The summed E-state index contributed by atoms with van der Waals surface area (Å²) in [5.41, 5.74) is 5.65. The van der Waals surface area contributed by atoms with E-state index in [1.165, 1.54) is 32.1 Å². The Hall–Kier alpha value is -0.610. The standard InChI is InChI=1S/C16H30N2O2/c1-2-3-4-13-5-7-14(8-6-13)16(19)18-9-10-20-15(11-17)12-18/h13-15H,2-12,17H2,1H3. The third-order valence-corrected chi connectivity index (χ3v) is 4.88. The van der Waals surface area contributed by atoms with Gasteiger partial charge in [-0.3, -0.25) is 4.79 Å². The normalized spacial score (nSPS) is 31.3. The van der Waals surface area contributed by atoms with Gasteiger partial charge in [-0.15, -0.1) is 0 Å². The summed E-state index contributed by atoms with van der Waals surface area (Å²) in [5.74, 6) is 1.46. The predicted octanol–water partition coefficient (Wildman–Crippen LogP) is 2.17. The van der Waals surface area contributed by atoms with Crippen molar-refractivity contribution in [2.45, 2.75) is 58.0 Å². The zero-order valence-electron chi connectivity index (χ0n) is 12.9. The number of unbranched alkanes of at least 4 members (excludes halogenated alkanes) is 1. The minimum atomic E-state index is 0.0357. The van der Waals surface area contributed by atoms with E-state index in [4.69, 9.17) is 10.5 Å². The number of hydrogen-bond donors (Lipinski definition) is 1. The molecule has 1 aliphatic heterocycles. The Kier molecular flexibility index (Phi) is 6.30. The van der Waals surface area contributed by atoms with Crippen LogP contribution in [0.15, 0.2) is 0 Å². The molecule has 2 rings (SSSR count). The Bertz CT molecular complexity index is 301. The van der Waals surface area contributed by atoms with Crippen molar-refractivity contribution in [3.63, 3.8) is 0 Å². The molecule has 1 unspecified atom stereocenters. The van der Waals surface area contributed by atoms with Crippen LogP contribution >= 0.6 is 0 Å². The van der Waals surface area contributed by atoms with Crippen LogP contribution < -0.4 is 5.73 Å². The lowest BCUT2D eigenvalue weighted by Gasteiger charge is -2.36. The summed E-state index contributed by atoms with van der Waals surface area (Å²) < 4.78 is 5.54. The molecule has 1 heterocycles. The highest BCUT2D eigenvalue weighted by Crippen LogP contribution is 2.33. The maximum atomic E-state index is 12.6. The largest absolute Gasteiger partial charge is 0.373 e. The van der Waals surface area contributed by atoms with E-state index in [2.05, 4.69) is 6.92 Å². The van der Waals surface area contributed by atoms with Gasteiger partial charge in [0.1, 0.15) is 0 Å². The van der Waals surface area contributed by atoms with Crippen LogP contribution in [0.3, 0.4) is 0 Å². The van der Waals surface area contributed by atoms with Gasteiger partial charge in [0.25, 0.3) is 0 Å². The third kappa shape index (κ3) is 4.19. The highest BCUT2D eigenvalue weighted by molar-refractivity contribution is 5.79. The molecule has 116 valence electrons. The van der Waals surface area contributed by atoms with Crippen LogP contribution in [0.1, 0.15) is 51.9 Å². The molecule has 4 nitrogen and oxygen atoms in total. The van der Waals surface area contributed by atoms with E-state index in [9.17, 15) is 4.79 Å². The van der Waals surface area contributed by atoms with E-state index in [1.54, 1.807) is 0 Å². The summed E-state index contributed by atoms with van der Waals surface area (Å²) in [6.07, 6.45) is 8.65. The van der Waals surface area contributed by atoms with Crippen LogP contribution in [0.5, 0.6) is 0 Å². The first-order chi connectivity index (χ1) is 9.74. The van der Waals surface area contributed by atoms with Crippen LogP contribution in [0.2, 0.25) is 0 Å². The van der Waals surface area contributed by atoms with Crippen LogP contribution in [0, 0.1) is 11.8 Å². The van der Waals surface area contributed by atoms with Crippen LogP contribution in [-0.2, 0) is 9.53 Å². The smallest absolute Gasteiger partial charge is 0.225 e. The van der Waals surface area contributed by atoms with Gasteiger partial charge in [0.2, 0.25) is 5.91 Å². The molecule has 0 radical (unpaired) electrons. The summed E-state index contributed by atoms with van der Waals surface area (Å²) >= 11 is 0. The molecule has 1 saturated carbocycles. The van der Waals surface area contributed by atoms with E-state index < -0.39 is 0 Å². The summed E-state index contributed by atoms with van der Waals surface area (Å²) in [6, 6.07) is 0. The van der Waals surface area contributed by atoms with Crippen molar-refractivity contribution >= 4 is 5.91 Å². The van der Waals surface area contributed by atoms with Gasteiger partial charge in [0.15, 0.2) is 0 Å². The molecule has 4 heteroatoms. The number of nitrogens with zero attached hydrogens (tertiary/aromatic N) is 1. The van der Waals surface area contributed by atoms with E-state index in [1.807, 2.05) is 4.90 Å². The molecule has 0 bridgehead atoms. The molecule has 1 aliphatic carbocycles. The first-order valence-corrected chi connectivity index (χ1v) is 8.35. The first-order valence-electron chi connectivity index (χ1n) is 8.35. The van der Waals surface area contributed by atoms with Crippen molar-refractivity contribution in [2.24, 2.45) is 17.6 Å². The molecule has 2 N–H and O–H groups in total. The summed E-state index contributed by atoms with van der Waals surface area (Å²) in [5, 5.41) is 0. The highest BCUT2D eigenvalue weighted by atomic mass is 16.5. The summed E-state index contributed by atoms with van der Waals surface area (Å²) in [7, 11) is 0. The molecule has 1 saturated heterocycles. The summed E-state index contributed by atoms with van der Waals surface area (Å²) in [4.78, 5) is 14.5. The van der Waals surface area contributed by atoms with Gasteiger partial charge in [-0.05, 0) is 31.6 Å². The fourth-order valence-corrected chi connectivity index (χ4v) is 3.51. The number of rotatable bonds is 5. The Morgan fingerprint density at radius 1 is 1.30 bits per heavy atom. The van der Waals surface area contributed by atoms with Crippen LogP contribution in [-0.4, -0.2) is 43.2 Å². The third-order valence-electron chi connectivity index (χ3n) is 4.88. The molecule has 0 spiro atoms. The number of nitrogens with two attached hydrogens (primary N) is 1. The van der Waals surface area contributed by atoms with Crippen molar-refractivity contribution in [3.8, 4) is 0 Å². The number of carbonyl (C=O) groups excluding carboxylic acids is 1. The number of carbonyl (C=O) groups is 1. The Labute approximate surface area is 123 Å². The molecule has 2 fully saturated rings. The van der Waals surface area contributed by atoms with E-state index in [0.717, 1.165) is 25.3 Å². The zero-order valence-corrected chi connectivity index (χ0v) is 12.9. The molecule has 1 atom stereocenters. The summed E-state index contributed by atoms with van der Waals surface area (Å²) in [6.45, 7) is 4.82. The topological polar surface area (TPSA) is 55.6 Å². The molecular weight excluding hydrogens is 252 g/mol. The molecule has 0 aromatic rings. The molecule has 0 aromatic carbocycles. The minimum absolute atomic E-state index is 0.0357. The van der Waals surface area contributed by atoms with E-state index >= 15 is 0 Å². The fourth-order valence-electron chi connectivity index (χ4n) is 3.51. The fraction of sp³-hybridized carbons (Fsp3) is 0.938. The molecule has 1 amide bonds. The number of ether oxygens (including phenoxy) is 1. The minimum Gasteiger partial charge on any atom is -0.373 e. The number of morpholine rings is 1. The van der Waals surface area contributed by atoms with Crippen molar-refractivity contribution in [1.82, 2.24) is 4.90 Å². The lowest BCUT2D eigenvalue weighted by Crippen LogP contribution is -2.50. The van der Waals surface area contributed by atoms with E-state index in [0.29, 0.717) is 25.6 Å². The Balaban J connectivity index is 1.76. The van der Waals surface area contributed by atoms with Gasteiger partial charge < -0.3 is 15.4 Å². The van der Waals surface area contributed by atoms with Crippen molar-refractivity contribution in [1.29, 1.82) is 0 Å². The second-order valence-electron chi connectivity index (χ2n) is 6.37. The number of hydrogen-bond acceptors (Lipinski definition) is 3. The zero-order chi connectivity index (χ0) is 14.4. The Morgan fingerprint density at radius 2 is 2.05 bits per heavy atom. The van der Waals surface area contributed by atoms with E-state index in [-0.39, 0.29) is 12.0 Å². The van der Waals surface area contributed by atoms with Gasteiger partial charge in [-0.25, -0.2) is 0 Å². The average Bonchev–Trinajstić information content (AvgIpc) is 2.52. The lowest BCUT2D eigenvalue weighted by atomic mass is 9.79. The number of amides is 1. The van der Waals surface area contributed by atoms with Crippen molar-refractivity contribution < 1.29 is 9.53 Å². The average molecular weight is 282 g/mol. The molecular formula is C16H30N2O2. The van der Waals surface area contributed by atoms with Gasteiger partial charge in [-0.2, -0.15) is 0 Å². The maximum absolute atomic E-state index is 12.6. The second kappa shape index (κ2) is 7.99. The SMILES string of the molecule is CCCCC1CCC(C(=O)N2CCOC(CN)C2)CC1. The molecule has 20 heavy (non-hydrogen) atoms. The van der Waals surface area contributed by atoms with Crippen molar-refractivity contribution in [2.75, 3.05) is 26.2 Å². The second-order valence-corrected chi connectivity index (χ2v) is 6.37. The lowest BCUT2D eigenvalue weighted by molar-refractivity contribution is -0.144. The predicted molar refractivity (Wildman–Crippen MR) is 80.3 cm³/mol. The van der Waals surface area contributed by atoms with Gasteiger partial charge in [0, 0.05) is 25.6 Å². The quantitative estimate of drug-likeness (QED) is 0.841. The van der Waals surface area contributed by atoms with Crippen LogP contribution in [0.4, 0.5) is 0 Å². The molecule has 0 aromatic heterocycles. The van der Waals surface area contributed by atoms with Gasteiger partial charge >= 0.3 is 0 Å². The molecule has 2 aliphatic rings. The maximum Gasteiger partial charge on any atom is 0.225 e. The van der Waals surface area contributed by atoms with Gasteiger partial charge in [0.05, 0.1) is 12.7 Å². The van der Waals surface area contributed by atoms with Crippen molar-refractivity contribution in [3.05, 3.63) is 0 Å². The first kappa shape index (κ1) is 15.8.